The molecule has 51 heavy (non-hydrogen) atoms. The average molecular weight is 700 g/mol. The first-order chi connectivity index (χ1) is 24.7. The van der Waals surface area contributed by atoms with Gasteiger partial charge in [0.1, 0.15) is 17.6 Å². The predicted octanol–water partition coefficient (Wildman–Crippen LogP) is 4.26. The Bertz CT molecular complexity index is 1810. The minimum atomic E-state index is -0.270. The maximum absolute atomic E-state index is 14.5. The Labute approximate surface area is 299 Å². The number of methoxy groups -OCH3 is 3. The summed E-state index contributed by atoms with van der Waals surface area (Å²) >= 11 is 0. The van der Waals surface area contributed by atoms with Gasteiger partial charge in [-0.3, -0.25) is 14.4 Å². The van der Waals surface area contributed by atoms with E-state index in [1.54, 1.807) is 55.0 Å². The van der Waals surface area contributed by atoms with Crippen LogP contribution in [0.25, 0.3) is 10.9 Å². The van der Waals surface area contributed by atoms with E-state index in [-0.39, 0.29) is 62.2 Å². The molecule has 272 valence electrons. The fraction of sp³-hybridized carbons (Fsp3) is 0.553. The Morgan fingerprint density at radius 1 is 0.922 bits per heavy atom. The number of ether oxygens (including phenoxy) is 3. The number of rotatable bonds is 5. The summed E-state index contributed by atoms with van der Waals surface area (Å²) in [5.74, 6) is 1.95. The molecule has 13 nitrogen and oxygen atoms in total. The van der Waals surface area contributed by atoms with Crippen LogP contribution in [0.1, 0.15) is 73.0 Å². The van der Waals surface area contributed by atoms with E-state index < -0.39 is 0 Å². The number of carbonyl (C=O) groups is 3. The second-order valence-corrected chi connectivity index (χ2v) is 13.9. The van der Waals surface area contributed by atoms with E-state index in [0.29, 0.717) is 52.5 Å². The number of nitriles is 1. The molecule has 2 aliphatic heterocycles. The highest BCUT2D eigenvalue weighted by atomic mass is 16.5. The van der Waals surface area contributed by atoms with Crippen molar-refractivity contribution in [1.29, 1.82) is 5.26 Å². The number of carbonyl (C=O) groups excluding carboxylic acids is 3. The molecule has 6 rings (SSSR count). The lowest BCUT2D eigenvalue weighted by atomic mass is 9.88. The number of piperidine rings is 1. The number of amides is 3. The third-order valence-electron chi connectivity index (χ3n) is 10.6. The van der Waals surface area contributed by atoms with Gasteiger partial charge < -0.3 is 38.8 Å². The van der Waals surface area contributed by atoms with E-state index in [1.807, 2.05) is 12.1 Å². The number of aryl methyl sites for hydroxylation is 1. The summed E-state index contributed by atoms with van der Waals surface area (Å²) in [5, 5.41) is 13.5. The van der Waals surface area contributed by atoms with E-state index >= 15 is 0 Å². The van der Waals surface area contributed by atoms with Gasteiger partial charge in [0.2, 0.25) is 17.6 Å². The molecule has 1 atom stereocenters. The molecule has 1 aliphatic carbocycles. The van der Waals surface area contributed by atoms with Crippen molar-refractivity contribution in [3.63, 3.8) is 0 Å². The molecule has 3 aromatic rings. The van der Waals surface area contributed by atoms with Gasteiger partial charge in [-0.25, -0.2) is 4.98 Å². The minimum Gasteiger partial charge on any atom is -0.493 e. The first-order valence-corrected chi connectivity index (χ1v) is 18.0. The Morgan fingerprint density at radius 2 is 1.69 bits per heavy atom. The van der Waals surface area contributed by atoms with Crippen molar-refractivity contribution in [2.45, 2.75) is 57.9 Å². The van der Waals surface area contributed by atoms with Crippen LogP contribution in [0.3, 0.4) is 0 Å². The van der Waals surface area contributed by atoms with Gasteiger partial charge >= 0.3 is 0 Å². The lowest BCUT2D eigenvalue weighted by Gasteiger charge is -2.36. The normalized spacial score (nSPS) is 19.3. The van der Waals surface area contributed by atoms with Gasteiger partial charge in [0.05, 0.1) is 32.4 Å². The number of anilines is 1. The van der Waals surface area contributed by atoms with Gasteiger partial charge in [0, 0.05) is 88.4 Å². The quantitative estimate of drug-likeness (QED) is 0.414. The zero-order valence-electron chi connectivity index (χ0n) is 30.2. The summed E-state index contributed by atoms with van der Waals surface area (Å²) in [7, 11) is 6.46. The molecule has 3 aliphatic rings. The molecule has 1 saturated heterocycles. The summed E-state index contributed by atoms with van der Waals surface area (Å²) in [6.07, 6.45) is 8.54. The van der Waals surface area contributed by atoms with Crippen molar-refractivity contribution in [3.8, 4) is 23.3 Å². The van der Waals surface area contributed by atoms with E-state index in [4.69, 9.17) is 19.2 Å². The second-order valence-electron chi connectivity index (χ2n) is 13.9. The number of hydrogen-bond acceptors (Lipinski definition) is 9. The molecule has 1 saturated carbocycles. The molecule has 13 heteroatoms. The van der Waals surface area contributed by atoms with E-state index in [9.17, 15) is 19.6 Å². The van der Waals surface area contributed by atoms with Crippen LogP contribution in [0.15, 0.2) is 24.4 Å². The molecule has 1 N–H and O–H groups in total. The van der Waals surface area contributed by atoms with Crippen molar-refractivity contribution in [3.05, 3.63) is 41.2 Å². The number of hydrogen-bond donors (Lipinski definition) is 1. The molecule has 1 aromatic carbocycles. The third kappa shape index (κ3) is 7.70. The van der Waals surface area contributed by atoms with E-state index in [0.717, 1.165) is 62.9 Å². The molecule has 2 aromatic heterocycles. The van der Waals surface area contributed by atoms with Crippen LogP contribution in [-0.4, -0.2) is 97.7 Å². The zero-order valence-corrected chi connectivity index (χ0v) is 30.2. The van der Waals surface area contributed by atoms with Crippen molar-refractivity contribution >= 4 is 34.4 Å². The first kappa shape index (κ1) is 35.8. The third-order valence-corrected chi connectivity index (χ3v) is 10.6. The highest BCUT2D eigenvalue weighted by Gasteiger charge is 2.31. The maximum atomic E-state index is 14.5. The smallest absolute Gasteiger partial charge is 0.270 e. The van der Waals surface area contributed by atoms with Crippen molar-refractivity contribution < 1.29 is 28.6 Å². The zero-order chi connectivity index (χ0) is 36.1. The lowest BCUT2D eigenvalue weighted by Crippen LogP contribution is -2.45. The van der Waals surface area contributed by atoms with Gasteiger partial charge in [-0.1, -0.05) is 19.3 Å². The van der Waals surface area contributed by atoms with Crippen molar-refractivity contribution in [2.24, 2.45) is 18.9 Å². The summed E-state index contributed by atoms with van der Waals surface area (Å²) in [4.78, 5) is 52.6. The van der Waals surface area contributed by atoms with Crippen LogP contribution in [0.4, 0.5) is 5.82 Å². The Kier molecular flexibility index (Phi) is 11.2. The molecule has 2 bridgehead atoms. The predicted molar refractivity (Wildman–Crippen MR) is 192 cm³/mol. The maximum Gasteiger partial charge on any atom is 0.270 e. The number of fused-ring (bicyclic) bond motifs is 5. The number of nitrogens with one attached hydrogen (secondary N) is 1. The summed E-state index contributed by atoms with van der Waals surface area (Å²) in [5.41, 5.74) is 2.21. The van der Waals surface area contributed by atoms with Gasteiger partial charge in [0.15, 0.2) is 11.5 Å². The second kappa shape index (κ2) is 15.9. The van der Waals surface area contributed by atoms with Crippen molar-refractivity contribution in [1.82, 2.24) is 24.7 Å². The number of aromatic nitrogens is 2. The van der Waals surface area contributed by atoms with Crippen LogP contribution in [0.5, 0.6) is 17.2 Å². The summed E-state index contributed by atoms with van der Waals surface area (Å²) in [6, 6.07) is 7.59. The monoisotopic (exact) mass is 699 g/mol. The van der Waals surface area contributed by atoms with Crippen LogP contribution in [-0.2, 0) is 23.2 Å². The van der Waals surface area contributed by atoms with Crippen LogP contribution in [0.2, 0.25) is 0 Å². The Morgan fingerprint density at radius 3 is 2.39 bits per heavy atom. The fourth-order valence-corrected chi connectivity index (χ4v) is 7.86. The highest BCUT2D eigenvalue weighted by molar-refractivity contribution is 5.95. The Hall–Kier alpha value is -4.99. The summed E-state index contributed by atoms with van der Waals surface area (Å²) in [6.45, 7) is 2.93. The first-order valence-electron chi connectivity index (χ1n) is 18.0. The molecule has 4 heterocycles. The van der Waals surface area contributed by atoms with Gasteiger partial charge in [0.25, 0.3) is 5.91 Å². The van der Waals surface area contributed by atoms with Crippen molar-refractivity contribution in [2.75, 3.05) is 65.5 Å². The van der Waals surface area contributed by atoms with Gasteiger partial charge in [-0.05, 0) is 43.7 Å². The average Bonchev–Trinajstić information content (AvgIpc) is 3.55. The van der Waals surface area contributed by atoms with E-state index in [2.05, 4.69) is 16.3 Å². The molecule has 0 radical (unpaired) electrons. The van der Waals surface area contributed by atoms with Crippen LogP contribution in [0, 0.1) is 23.2 Å². The molecule has 1 unspecified atom stereocenters. The molecular formula is C38H49N7O6. The highest BCUT2D eigenvalue weighted by Crippen LogP contribution is 2.44. The van der Waals surface area contributed by atoms with Gasteiger partial charge in [-0.2, -0.15) is 5.26 Å². The number of benzene rings is 1. The molecule has 0 spiro atoms. The van der Waals surface area contributed by atoms with E-state index in [1.165, 1.54) is 0 Å². The largest absolute Gasteiger partial charge is 0.493 e. The molecular weight excluding hydrogens is 650 g/mol. The van der Waals surface area contributed by atoms with Crippen LogP contribution >= 0.6 is 0 Å². The van der Waals surface area contributed by atoms with Crippen LogP contribution < -0.4 is 24.4 Å². The molecule has 3 amide bonds. The Balaban J connectivity index is 1.48. The number of nitrogens with zero attached hydrogens (tertiary/aromatic N) is 6. The minimum absolute atomic E-state index is 0.0469. The SMILES string of the molecule is COc1cc2nc3c(cc2c(OC)c1OC)CN(C(=O)c1cc(C#N)cn1C)CCN(C(=O)C1CCCCC1)CCC(=O)NCC1CCCN3C1. The van der Waals surface area contributed by atoms with Gasteiger partial charge in [-0.15, -0.1) is 0 Å². The topological polar surface area (TPSA) is 142 Å². The standard InChI is InChI=1S/C38H49N7O6/c1-42-22-26(20-39)17-31(42)38(48)45-16-15-43(37(47)27-10-6-5-7-11-27)14-12-33(46)40-21-25-9-8-13-44(23-25)36-28(24-45)18-29-30(41-36)19-32(49-2)35(51-4)34(29)50-3/h17-19,22,25,27H,5-16,21,23-24H2,1-4H3,(H,40,46). The fourth-order valence-electron chi connectivity index (χ4n) is 7.86. The number of pyridine rings is 1. The lowest BCUT2D eigenvalue weighted by molar-refractivity contribution is -0.137. The molecule has 2 fully saturated rings. The summed E-state index contributed by atoms with van der Waals surface area (Å²) < 4.78 is 18.9.